The molecule has 0 saturated carbocycles. The average Bonchev–Trinajstić information content (AvgIpc) is 2.19. The highest BCUT2D eigenvalue weighted by Crippen LogP contribution is 2.33. The fourth-order valence-corrected chi connectivity index (χ4v) is 1.87. The van der Waals surface area contributed by atoms with E-state index in [2.05, 4.69) is 0 Å². The van der Waals surface area contributed by atoms with Gasteiger partial charge in [-0.15, -0.1) is 0 Å². The molecule has 1 saturated heterocycles. The number of hydrogen-bond acceptors (Lipinski definition) is 2. The second-order valence-electron chi connectivity index (χ2n) is 3.59. The van der Waals surface area contributed by atoms with E-state index < -0.39 is 5.82 Å². The Morgan fingerprint density at radius 2 is 2.00 bits per heavy atom. The molecule has 0 amide bonds. The Labute approximate surface area is 82.3 Å². The van der Waals surface area contributed by atoms with Crippen molar-refractivity contribution >= 4 is 0 Å². The number of halogens is 1. The van der Waals surface area contributed by atoms with Crippen LogP contribution >= 0.6 is 0 Å². The Bertz CT molecular complexity index is 319. The largest absolute Gasteiger partial charge is 0.508 e. The van der Waals surface area contributed by atoms with Gasteiger partial charge in [0.1, 0.15) is 11.6 Å². The first-order valence-electron chi connectivity index (χ1n) is 4.83. The van der Waals surface area contributed by atoms with Gasteiger partial charge in [0.25, 0.3) is 0 Å². The van der Waals surface area contributed by atoms with Gasteiger partial charge >= 0.3 is 0 Å². The van der Waals surface area contributed by atoms with Crippen LogP contribution in [0.25, 0.3) is 0 Å². The predicted octanol–water partition coefficient (Wildman–Crippen LogP) is 2.43. The van der Waals surface area contributed by atoms with Crippen LogP contribution in [0.5, 0.6) is 5.75 Å². The quantitative estimate of drug-likeness (QED) is 0.747. The van der Waals surface area contributed by atoms with Gasteiger partial charge in [0.05, 0.1) is 0 Å². The smallest absolute Gasteiger partial charge is 0.126 e. The lowest BCUT2D eigenvalue weighted by molar-refractivity contribution is 0.0848. The van der Waals surface area contributed by atoms with Crippen LogP contribution in [0.15, 0.2) is 18.2 Å². The lowest BCUT2D eigenvalue weighted by Crippen LogP contribution is -2.14. The van der Waals surface area contributed by atoms with Crippen molar-refractivity contribution in [1.82, 2.24) is 0 Å². The van der Waals surface area contributed by atoms with Crippen LogP contribution in [0.2, 0.25) is 0 Å². The van der Waals surface area contributed by atoms with Crippen molar-refractivity contribution in [1.29, 1.82) is 0 Å². The van der Waals surface area contributed by atoms with Crippen molar-refractivity contribution in [3.63, 3.8) is 0 Å². The number of aromatic hydroxyl groups is 1. The van der Waals surface area contributed by atoms with Crippen LogP contribution in [-0.2, 0) is 4.74 Å². The van der Waals surface area contributed by atoms with Gasteiger partial charge in [-0.2, -0.15) is 0 Å². The summed E-state index contributed by atoms with van der Waals surface area (Å²) in [6.07, 6.45) is 1.80. The lowest BCUT2D eigenvalue weighted by Gasteiger charge is -2.22. The minimum absolute atomic E-state index is 0.0666. The highest BCUT2D eigenvalue weighted by molar-refractivity contribution is 5.35. The zero-order valence-corrected chi connectivity index (χ0v) is 7.87. The Hall–Kier alpha value is -1.09. The maximum Gasteiger partial charge on any atom is 0.126 e. The number of phenols is 1. The number of phenolic OH excluding ortho intramolecular Hbond substituents is 1. The van der Waals surface area contributed by atoms with Gasteiger partial charge in [-0.25, -0.2) is 4.39 Å². The molecule has 1 N–H and O–H groups in total. The minimum Gasteiger partial charge on any atom is -0.508 e. The second-order valence-corrected chi connectivity index (χ2v) is 3.59. The minimum atomic E-state index is -0.390. The third-order valence-corrected chi connectivity index (χ3v) is 2.65. The van der Waals surface area contributed by atoms with E-state index >= 15 is 0 Å². The normalized spacial score (nSPS) is 18.4. The van der Waals surface area contributed by atoms with Gasteiger partial charge in [-0.3, -0.25) is 0 Å². The summed E-state index contributed by atoms with van der Waals surface area (Å²) in [6.45, 7) is 1.45. The van der Waals surface area contributed by atoms with Crippen molar-refractivity contribution in [3.05, 3.63) is 29.6 Å². The Morgan fingerprint density at radius 3 is 2.64 bits per heavy atom. The van der Waals surface area contributed by atoms with Crippen LogP contribution in [0, 0.1) is 5.82 Å². The first kappa shape index (κ1) is 9.46. The molecule has 1 aromatic carbocycles. The molecule has 2 rings (SSSR count). The van der Waals surface area contributed by atoms with Gasteiger partial charge in [-0.1, -0.05) is 6.07 Å². The maximum atomic E-state index is 12.7. The fraction of sp³-hybridized carbons (Fsp3) is 0.455. The molecular formula is C11H13FO2. The molecule has 0 spiro atoms. The van der Waals surface area contributed by atoms with Crippen molar-refractivity contribution in [2.75, 3.05) is 13.2 Å². The van der Waals surface area contributed by atoms with Crippen molar-refractivity contribution in [2.45, 2.75) is 18.8 Å². The average molecular weight is 196 g/mol. The van der Waals surface area contributed by atoms with Gasteiger partial charge in [0.2, 0.25) is 0 Å². The van der Waals surface area contributed by atoms with Gasteiger partial charge < -0.3 is 9.84 Å². The van der Waals surface area contributed by atoms with E-state index in [9.17, 15) is 9.50 Å². The molecule has 76 valence electrons. The van der Waals surface area contributed by atoms with Crippen LogP contribution in [0.4, 0.5) is 4.39 Å². The summed E-state index contributed by atoms with van der Waals surface area (Å²) >= 11 is 0. The molecule has 0 unspecified atom stereocenters. The molecule has 0 radical (unpaired) electrons. The van der Waals surface area contributed by atoms with Crippen molar-refractivity contribution in [3.8, 4) is 5.75 Å². The zero-order chi connectivity index (χ0) is 9.97. The van der Waals surface area contributed by atoms with E-state index in [1.807, 2.05) is 0 Å². The summed E-state index contributed by atoms with van der Waals surface area (Å²) < 4.78 is 18.0. The fourth-order valence-electron chi connectivity index (χ4n) is 1.87. The maximum absolute atomic E-state index is 12.7. The highest BCUT2D eigenvalue weighted by atomic mass is 19.1. The monoisotopic (exact) mass is 196 g/mol. The summed E-state index contributed by atoms with van der Waals surface area (Å²) in [5.41, 5.74) is 0.842. The molecule has 1 aliphatic rings. The molecule has 0 aliphatic carbocycles. The molecule has 1 fully saturated rings. The molecule has 0 bridgehead atoms. The summed E-state index contributed by atoms with van der Waals surface area (Å²) in [7, 11) is 0. The van der Waals surface area contributed by atoms with Crippen LogP contribution in [0.3, 0.4) is 0 Å². The van der Waals surface area contributed by atoms with Gasteiger partial charge in [0.15, 0.2) is 0 Å². The van der Waals surface area contributed by atoms with E-state index in [4.69, 9.17) is 4.74 Å². The molecule has 2 nitrogen and oxygen atoms in total. The van der Waals surface area contributed by atoms with Crippen LogP contribution in [-0.4, -0.2) is 18.3 Å². The SMILES string of the molecule is Oc1cc(F)ccc1C1CCOCC1. The van der Waals surface area contributed by atoms with E-state index in [1.54, 1.807) is 6.07 Å². The van der Waals surface area contributed by atoms with E-state index in [0.29, 0.717) is 5.92 Å². The Morgan fingerprint density at radius 1 is 1.29 bits per heavy atom. The number of hydrogen-bond donors (Lipinski definition) is 1. The summed E-state index contributed by atoms with van der Waals surface area (Å²) in [5.74, 6) is -0.0143. The molecule has 0 aromatic heterocycles. The molecular weight excluding hydrogens is 183 g/mol. The first-order valence-corrected chi connectivity index (χ1v) is 4.83. The Kier molecular flexibility index (Phi) is 2.68. The van der Waals surface area contributed by atoms with Crippen LogP contribution in [0.1, 0.15) is 24.3 Å². The number of ether oxygens (including phenoxy) is 1. The van der Waals surface area contributed by atoms with E-state index in [1.165, 1.54) is 12.1 Å². The van der Waals surface area contributed by atoms with Crippen LogP contribution < -0.4 is 0 Å². The van der Waals surface area contributed by atoms with Gasteiger partial charge in [-0.05, 0) is 30.4 Å². The first-order chi connectivity index (χ1) is 6.77. The van der Waals surface area contributed by atoms with Gasteiger partial charge in [0, 0.05) is 19.3 Å². The summed E-state index contributed by atoms with van der Waals surface area (Å²) in [6, 6.07) is 4.23. The third kappa shape index (κ3) is 1.87. The molecule has 0 atom stereocenters. The molecule has 1 heterocycles. The third-order valence-electron chi connectivity index (χ3n) is 2.65. The summed E-state index contributed by atoms with van der Waals surface area (Å²) in [5, 5.41) is 9.56. The number of benzene rings is 1. The topological polar surface area (TPSA) is 29.5 Å². The van der Waals surface area contributed by atoms with Crippen molar-refractivity contribution < 1.29 is 14.2 Å². The molecule has 3 heteroatoms. The summed E-state index contributed by atoms with van der Waals surface area (Å²) in [4.78, 5) is 0. The molecule has 1 aliphatic heterocycles. The molecule has 14 heavy (non-hydrogen) atoms. The highest BCUT2D eigenvalue weighted by Gasteiger charge is 2.18. The zero-order valence-electron chi connectivity index (χ0n) is 7.87. The Balaban J connectivity index is 2.22. The lowest BCUT2D eigenvalue weighted by atomic mass is 9.91. The molecule has 1 aromatic rings. The van der Waals surface area contributed by atoms with E-state index in [-0.39, 0.29) is 5.75 Å². The predicted molar refractivity (Wildman–Crippen MR) is 50.9 cm³/mol. The van der Waals surface area contributed by atoms with Crippen molar-refractivity contribution in [2.24, 2.45) is 0 Å². The number of rotatable bonds is 1. The van der Waals surface area contributed by atoms with E-state index in [0.717, 1.165) is 31.6 Å². The second kappa shape index (κ2) is 3.96. The standard InChI is InChI=1S/C11H13FO2/c12-9-1-2-10(11(13)7-9)8-3-5-14-6-4-8/h1-2,7-8,13H,3-6H2.